The molecule has 2 heteroatoms. The first-order valence-corrected chi connectivity index (χ1v) is 3.78. The molecule has 0 saturated heterocycles. The van der Waals surface area contributed by atoms with Gasteiger partial charge in [0.2, 0.25) is 0 Å². The number of hydrogen-bond donors (Lipinski definition) is 0. The third-order valence-corrected chi connectivity index (χ3v) is 1.42. The van der Waals surface area contributed by atoms with E-state index in [1.54, 1.807) is 6.20 Å². The van der Waals surface area contributed by atoms with Gasteiger partial charge in [0.05, 0.1) is 12.5 Å². The summed E-state index contributed by atoms with van der Waals surface area (Å²) in [6.07, 6.45) is 7.77. The number of hydrogen-bond acceptors (Lipinski definition) is 2. The quantitative estimate of drug-likeness (QED) is 0.662. The van der Waals surface area contributed by atoms with Crippen LogP contribution in [0.1, 0.15) is 17.5 Å². The summed E-state index contributed by atoms with van der Waals surface area (Å²) in [6, 6.07) is 4.07. The number of rotatable bonds is 2. The summed E-state index contributed by atoms with van der Waals surface area (Å²) in [6.45, 7) is 1.99. The highest BCUT2D eigenvalue weighted by Crippen LogP contribution is 2.03. The van der Waals surface area contributed by atoms with E-state index in [1.807, 2.05) is 37.4 Å². The Balaban J connectivity index is 2.71. The third-order valence-electron chi connectivity index (χ3n) is 1.42. The molecule has 1 rings (SSSR count). The van der Waals surface area contributed by atoms with Crippen LogP contribution in [0.4, 0.5) is 0 Å². The molecule has 1 heterocycles. The van der Waals surface area contributed by atoms with E-state index >= 15 is 0 Å². The minimum atomic E-state index is 0.452. The number of aryl methyl sites for hydroxylation is 1. The SMILES string of the molecule is Cc1cncc(C=CCC#N)c1. The van der Waals surface area contributed by atoms with E-state index in [0.717, 1.165) is 11.1 Å². The normalized spacial score (nSPS) is 10.0. The van der Waals surface area contributed by atoms with Crippen molar-refractivity contribution in [3.8, 4) is 6.07 Å². The first-order valence-electron chi connectivity index (χ1n) is 3.78. The van der Waals surface area contributed by atoms with Gasteiger partial charge in [-0.3, -0.25) is 4.98 Å². The molecule has 60 valence electrons. The first-order chi connectivity index (χ1) is 5.83. The average molecular weight is 158 g/mol. The Morgan fingerprint density at radius 2 is 2.42 bits per heavy atom. The topological polar surface area (TPSA) is 36.7 Å². The highest BCUT2D eigenvalue weighted by atomic mass is 14.6. The molecular formula is C10H10N2. The fraction of sp³-hybridized carbons (Fsp3) is 0.200. The van der Waals surface area contributed by atoms with E-state index in [1.165, 1.54) is 0 Å². The fourth-order valence-corrected chi connectivity index (χ4v) is 0.917. The summed E-state index contributed by atoms with van der Waals surface area (Å²) in [4.78, 5) is 4.03. The summed E-state index contributed by atoms with van der Waals surface area (Å²) in [5.41, 5.74) is 2.18. The van der Waals surface area contributed by atoms with Gasteiger partial charge in [-0.05, 0) is 24.1 Å². The van der Waals surface area contributed by atoms with Crippen LogP contribution < -0.4 is 0 Å². The van der Waals surface area contributed by atoms with Crippen LogP contribution in [0.2, 0.25) is 0 Å². The van der Waals surface area contributed by atoms with Gasteiger partial charge in [-0.15, -0.1) is 0 Å². The zero-order valence-electron chi connectivity index (χ0n) is 6.99. The van der Waals surface area contributed by atoms with Crippen molar-refractivity contribution in [3.63, 3.8) is 0 Å². The zero-order valence-corrected chi connectivity index (χ0v) is 6.99. The minimum absolute atomic E-state index is 0.452. The minimum Gasteiger partial charge on any atom is -0.264 e. The number of aromatic nitrogens is 1. The van der Waals surface area contributed by atoms with Gasteiger partial charge < -0.3 is 0 Å². The molecule has 0 saturated carbocycles. The van der Waals surface area contributed by atoms with Crippen LogP contribution in [0, 0.1) is 18.3 Å². The van der Waals surface area contributed by atoms with Gasteiger partial charge in [0, 0.05) is 12.4 Å². The summed E-state index contributed by atoms with van der Waals surface area (Å²) < 4.78 is 0. The second-order valence-electron chi connectivity index (χ2n) is 2.56. The van der Waals surface area contributed by atoms with Crippen molar-refractivity contribution in [3.05, 3.63) is 35.7 Å². The molecule has 0 aliphatic carbocycles. The van der Waals surface area contributed by atoms with Crippen molar-refractivity contribution in [2.45, 2.75) is 13.3 Å². The van der Waals surface area contributed by atoms with E-state index in [0.29, 0.717) is 6.42 Å². The first kappa shape index (κ1) is 8.48. The monoisotopic (exact) mass is 158 g/mol. The number of pyridine rings is 1. The predicted octanol–water partition coefficient (Wildman–Crippen LogP) is 2.32. The van der Waals surface area contributed by atoms with Gasteiger partial charge in [-0.1, -0.05) is 12.2 Å². The van der Waals surface area contributed by atoms with Crippen molar-refractivity contribution < 1.29 is 0 Å². The number of nitriles is 1. The van der Waals surface area contributed by atoms with Gasteiger partial charge in [0.25, 0.3) is 0 Å². The molecule has 0 N–H and O–H groups in total. The highest BCUT2D eigenvalue weighted by Gasteiger charge is 1.86. The van der Waals surface area contributed by atoms with E-state index in [9.17, 15) is 0 Å². The van der Waals surface area contributed by atoms with Crippen LogP contribution in [-0.2, 0) is 0 Å². The maximum atomic E-state index is 8.28. The predicted molar refractivity (Wildman–Crippen MR) is 48.2 cm³/mol. The van der Waals surface area contributed by atoms with Crippen molar-refractivity contribution in [2.24, 2.45) is 0 Å². The van der Waals surface area contributed by atoms with E-state index in [4.69, 9.17) is 5.26 Å². The molecule has 12 heavy (non-hydrogen) atoms. The van der Waals surface area contributed by atoms with Crippen molar-refractivity contribution in [1.82, 2.24) is 4.98 Å². The Bertz CT molecular complexity index is 321. The molecule has 0 spiro atoms. The van der Waals surface area contributed by atoms with Crippen LogP contribution in [-0.4, -0.2) is 4.98 Å². The van der Waals surface area contributed by atoms with Gasteiger partial charge in [0.15, 0.2) is 0 Å². The Morgan fingerprint density at radius 3 is 3.08 bits per heavy atom. The Kier molecular flexibility index (Phi) is 3.04. The molecule has 0 unspecified atom stereocenters. The largest absolute Gasteiger partial charge is 0.264 e. The standard InChI is InChI=1S/C10H10N2/c1-9-6-10(8-12-7-9)4-2-3-5-11/h2,4,6-8H,3H2,1H3. The molecule has 0 fully saturated rings. The van der Waals surface area contributed by atoms with Crippen LogP contribution in [0.15, 0.2) is 24.5 Å². The summed E-state index contributed by atoms with van der Waals surface area (Å²) in [5.74, 6) is 0. The molecule has 0 amide bonds. The van der Waals surface area contributed by atoms with Crippen molar-refractivity contribution in [2.75, 3.05) is 0 Å². The molecule has 0 radical (unpaired) electrons. The summed E-state index contributed by atoms with van der Waals surface area (Å²) in [7, 11) is 0. The van der Waals surface area contributed by atoms with E-state index in [2.05, 4.69) is 4.98 Å². The van der Waals surface area contributed by atoms with Gasteiger partial charge in [0.1, 0.15) is 0 Å². The molecule has 0 aromatic carbocycles. The van der Waals surface area contributed by atoms with Crippen LogP contribution in [0.25, 0.3) is 6.08 Å². The summed E-state index contributed by atoms with van der Waals surface area (Å²) in [5, 5.41) is 8.28. The Hall–Kier alpha value is -1.62. The molecule has 1 aromatic heterocycles. The lowest BCUT2D eigenvalue weighted by Crippen LogP contribution is -1.78. The van der Waals surface area contributed by atoms with E-state index in [-0.39, 0.29) is 0 Å². The number of nitrogens with zero attached hydrogens (tertiary/aromatic N) is 2. The fourth-order valence-electron chi connectivity index (χ4n) is 0.917. The van der Waals surface area contributed by atoms with Gasteiger partial charge in [-0.2, -0.15) is 5.26 Å². The van der Waals surface area contributed by atoms with Gasteiger partial charge >= 0.3 is 0 Å². The van der Waals surface area contributed by atoms with Crippen LogP contribution in [0.3, 0.4) is 0 Å². The average Bonchev–Trinajstić information content (AvgIpc) is 2.05. The molecule has 0 aliphatic heterocycles. The van der Waals surface area contributed by atoms with Crippen LogP contribution in [0.5, 0.6) is 0 Å². The van der Waals surface area contributed by atoms with E-state index < -0.39 is 0 Å². The molecule has 2 nitrogen and oxygen atoms in total. The molecule has 0 atom stereocenters. The second-order valence-corrected chi connectivity index (χ2v) is 2.56. The zero-order chi connectivity index (χ0) is 8.81. The van der Waals surface area contributed by atoms with Gasteiger partial charge in [-0.25, -0.2) is 0 Å². The van der Waals surface area contributed by atoms with Crippen molar-refractivity contribution in [1.29, 1.82) is 5.26 Å². The maximum Gasteiger partial charge on any atom is 0.0663 e. The molecule has 0 bridgehead atoms. The Labute approximate surface area is 72.2 Å². The molecular weight excluding hydrogens is 148 g/mol. The maximum absolute atomic E-state index is 8.28. The van der Waals surface area contributed by atoms with Crippen LogP contribution >= 0.6 is 0 Å². The second kappa shape index (κ2) is 4.30. The number of allylic oxidation sites excluding steroid dienone is 1. The highest BCUT2D eigenvalue weighted by molar-refractivity contribution is 5.48. The third kappa shape index (κ3) is 2.55. The Morgan fingerprint density at radius 1 is 1.58 bits per heavy atom. The smallest absolute Gasteiger partial charge is 0.0663 e. The lowest BCUT2D eigenvalue weighted by molar-refractivity contribution is 1.26. The van der Waals surface area contributed by atoms with Crippen molar-refractivity contribution >= 4 is 6.08 Å². The lowest BCUT2D eigenvalue weighted by Gasteiger charge is -1.92. The molecule has 1 aromatic rings. The lowest BCUT2D eigenvalue weighted by atomic mass is 10.2. The molecule has 0 aliphatic rings. The summed E-state index contributed by atoms with van der Waals surface area (Å²) >= 11 is 0.